The van der Waals surface area contributed by atoms with E-state index in [0.29, 0.717) is 28.6 Å². The zero-order chi connectivity index (χ0) is 28.9. The number of carbonyl (C=O) groups excluding carboxylic acids is 2. The van der Waals surface area contributed by atoms with Gasteiger partial charge in [0.25, 0.3) is 11.8 Å². The summed E-state index contributed by atoms with van der Waals surface area (Å²) in [7, 11) is 5.19. The molecular weight excluding hydrogens is 523 g/mol. The smallest absolute Gasteiger partial charge is 0.426 e. The zero-order valence-corrected chi connectivity index (χ0v) is 21.5. The van der Waals surface area contributed by atoms with Crippen LogP contribution in [0, 0.1) is 0 Å². The number of anilines is 1. The van der Waals surface area contributed by atoms with Gasteiger partial charge in [0.1, 0.15) is 47.1 Å². The van der Waals surface area contributed by atoms with Gasteiger partial charge in [-0.3, -0.25) is 9.59 Å². The summed E-state index contributed by atoms with van der Waals surface area (Å²) in [6.45, 7) is -1.03. The molecule has 4 rings (SSSR count). The highest BCUT2D eigenvalue weighted by atomic mass is 19.4. The molecule has 18 heteroatoms. The first-order valence-corrected chi connectivity index (χ1v) is 11.8. The summed E-state index contributed by atoms with van der Waals surface area (Å²) < 4.78 is 61.5. The molecule has 11 nitrogen and oxygen atoms in total. The molecule has 1 aliphatic rings. The molecule has 3 aromatic heterocycles. The fourth-order valence-corrected chi connectivity index (χ4v) is 4.04. The van der Waals surface area contributed by atoms with Crippen LogP contribution >= 0.6 is 0 Å². The van der Waals surface area contributed by atoms with Crippen LogP contribution < -0.4 is 15.8 Å². The fraction of sp³-hybridized carbons (Fsp3) is 0.381. The number of aromatic nitrogens is 4. The van der Waals surface area contributed by atoms with E-state index >= 15 is 0 Å². The van der Waals surface area contributed by atoms with E-state index in [1.165, 1.54) is 23.1 Å². The summed E-state index contributed by atoms with van der Waals surface area (Å²) in [5, 5.41) is 15.5. The standard InChI is InChI=1S/C21H24B3F4N7O4/c1-19(38,20(26,27)28)18(37)34-6-11(25)12(7-34)33-16(36)10-4-9(5-30-17(10)39-21(22,23)24)13-2-3-14-15(29)31-8-32-35(13)14/h2-5,8,11-12,38H,6-7,22-24H2,1H3,(H,33,36)(H2,29,31,32)/t11-,12+,19+/m0/s1. The molecule has 39 heavy (non-hydrogen) atoms. The van der Waals surface area contributed by atoms with Crippen molar-refractivity contribution in [3.05, 3.63) is 36.3 Å². The number of nitrogens with one attached hydrogen (secondary N) is 1. The molecule has 2 amide bonds. The van der Waals surface area contributed by atoms with Crippen LogP contribution in [0.4, 0.5) is 23.4 Å². The van der Waals surface area contributed by atoms with E-state index in [1.807, 2.05) is 0 Å². The van der Waals surface area contributed by atoms with Gasteiger partial charge in [0.2, 0.25) is 11.5 Å². The van der Waals surface area contributed by atoms with Crippen molar-refractivity contribution in [2.75, 3.05) is 18.8 Å². The average molecular weight is 547 g/mol. The minimum atomic E-state index is -5.26. The molecule has 4 heterocycles. The highest BCUT2D eigenvalue weighted by Gasteiger charge is 2.58. The second-order valence-electron chi connectivity index (χ2n) is 10.3. The van der Waals surface area contributed by atoms with E-state index in [2.05, 4.69) is 20.4 Å². The summed E-state index contributed by atoms with van der Waals surface area (Å²) in [6.07, 6.45) is -4.44. The Labute approximate surface area is 222 Å². The summed E-state index contributed by atoms with van der Waals surface area (Å²) in [5.41, 5.74) is 3.56. The van der Waals surface area contributed by atoms with Crippen LogP contribution in [0.2, 0.25) is 0 Å². The highest BCUT2D eigenvalue weighted by molar-refractivity contribution is 6.58. The van der Waals surface area contributed by atoms with Gasteiger partial charge < -0.3 is 25.8 Å². The van der Waals surface area contributed by atoms with E-state index < -0.39 is 54.2 Å². The summed E-state index contributed by atoms with van der Waals surface area (Å²) in [4.78, 5) is 34.4. The number of hydrogen-bond acceptors (Lipinski definition) is 8. The third kappa shape index (κ3) is 5.51. The van der Waals surface area contributed by atoms with Gasteiger partial charge in [-0.2, -0.15) is 18.3 Å². The fourth-order valence-electron chi connectivity index (χ4n) is 4.04. The molecule has 1 saturated heterocycles. The Bertz CT molecular complexity index is 1430. The lowest BCUT2D eigenvalue weighted by molar-refractivity contribution is -0.249. The van der Waals surface area contributed by atoms with Crippen LogP contribution in [0.5, 0.6) is 5.88 Å². The maximum Gasteiger partial charge on any atom is 0.426 e. The molecule has 3 aromatic rings. The SMILES string of the molecule is BC(B)(B)Oc1ncc(-c2ccc3c(N)ncnn23)cc1C(=O)N[C@@H]1CN(C(=O)[C@@](C)(O)C(F)(F)F)C[C@@H]1F. The topological polar surface area (TPSA) is 148 Å². The molecule has 204 valence electrons. The van der Waals surface area contributed by atoms with E-state index in [1.54, 1.807) is 35.7 Å². The molecule has 0 bridgehead atoms. The number of fused-ring (bicyclic) bond motifs is 1. The number of rotatable bonds is 6. The quantitative estimate of drug-likeness (QED) is 0.234. The molecule has 1 aliphatic heterocycles. The number of carbonyl (C=O) groups is 2. The lowest BCUT2D eigenvalue weighted by Crippen LogP contribution is -2.56. The van der Waals surface area contributed by atoms with Crippen LogP contribution in [0.1, 0.15) is 17.3 Å². The van der Waals surface area contributed by atoms with E-state index in [4.69, 9.17) is 10.5 Å². The number of halogens is 4. The minimum Gasteiger partial charge on any atom is -0.498 e. The average Bonchev–Trinajstić information content (AvgIpc) is 3.41. The Morgan fingerprint density at radius 1 is 1.21 bits per heavy atom. The van der Waals surface area contributed by atoms with Crippen LogP contribution in [0.25, 0.3) is 16.8 Å². The molecule has 0 spiro atoms. The van der Waals surface area contributed by atoms with Gasteiger partial charge in [-0.25, -0.2) is 18.9 Å². The van der Waals surface area contributed by atoms with Gasteiger partial charge in [-0.05, 0) is 25.1 Å². The Morgan fingerprint density at radius 2 is 1.90 bits per heavy atom. The Morgan fingerprint density at radius 3 is 2.54 bits per heavy atom. The normalized spacial score (nSPS) is 19.6. The first kappa shape index (κ1) is 28.2. The predicted molar refractivity (Wildman–Crippen MR) is 139 cm³/mol. The maximum atomic E-state index is 14.8. The summed E-state index contributed by atoms with van der Waals surface area (Å²) >= 11 is 0. The van der Waals surface area contributed by atoms with Crippen LogP contribution in [-0.2, 0) is 4.79 Å². The van der Waals surface area contributed by atoms with Crippen molar-refractivity contribution in [2.24, 2.45) is 0 Å². The van der Waals surface area contributed by atoms with Crippen molar-refractivity contribution in [1.29, 1.82) is 0 Å². The second kappa shape index (κ2) is 9.74. The number of pyridine rings is 1. The molecule has 0 aliphatic carbocycles. The third-order valence-corrected chi connectivity index (χ3v) is 6.10. The number of nitrogen functional groups attached to an aromatic ring is 1. The zero-order valence-electron chi connectivity index (χ0n) is 21.5. The number of hydrogen-bond donors (Lipinski definition) is 3. The molecule has 3 atom stereocenters. The molecule has 4 N–H and O–H groups in total. The van der Waals surface area contributed by atoms with Crippen molar-refractivity contribution in [2.45, 2.75) is 36.2 Å². The van der Waals surface area contributed by atoms with Gasteiger partial charge in [-0.15, -0.1) is 0 Å². The van der Waals surface area contributed by atoms with Gasteiger partial charge in [0.15, 0.2) is 5.82 Å². The largest absolute Gasteiger partial charge is 0.498 e. The number of likely N-dealkylation sites (tertiary alicyclic amines) is 1. The molecule has 1 fully saturated rings. The monoisotopic (exact) mass is 547 g/mol. The molecular formula is C21H24B3F4N7O4. The lowest BCUT2D eigenvalue weighted by atomic mass is 9.52. The number of ether oxygens (including phenoxy) is 1. The second-order valence-corrected chi connectivity index (χ2v) is 10.3. The van der Waals surface area contributed by atoms with Gasteiger partial charge in [0.05, 0.1) is 18.3 Å². The van der Waals surface area contributed by atoms with Crippen molar-refractivity contribution in [3.8, 4) is 17.1 Å². The third-order valence-electron chi connectivity index (χ3n) is 6.10. The maximum absolute atomic E-state index is 14.8. The van der Waals surface area contributed by atoms with Gasteiger partial charge in [0, 0.05) is 23.6 Å². The Kier molecular flexibility index (Phi) is 7.04. The van der Waals surface area contributed by atoms with Crippen LogP contribution in [-0.4, -0.2) is 107 Å². The number of alkyl halides is 4. The first-order chi connectivity index (χ1) is 18.0. The van der Waals surface area contributed by atoms with E-state index in [-0.39, 0.29) is 17.3 Å². The molecule has 0 radical (unpaired) electrons. The summed E-state index contributed by atoms with van der Waals surface area (Å²) in [5.74, 6) is -2.38. The number of aliphatic hydroxyl groups is 1. The van der Waals surface area contributed by atoms with Crippen molar-refractivity contribution in [1.82, 2.24) is 29.8 Å². The van der Waals surface area contributed by atoms with E-state index in [9.17, 15) is 32.3 Å². The number of nitrogens with zero attached hydrogens (tertiary/aromatic N) is 5. The summed E-state index contributed by atoms with van der Waals surface area (Å²) in [6, 6.07) is 3.47. The lowest BCUT2D eigenvalue weighted by Gasteiger charge is -2.29. The van der Waals surface area contributed by atoms with Crippen LogP contribution in [0.3, 0.4) is 0 Å². The van der Waals surface area contributed by atoms with Gasteiger partial charge in [-0.1, -0.05) is 0 Å². The van der Waals surface area contributed by atoms with Crippen molar-refractivity contribution in [3.63, 3.8) is 0 Å². The number of nitrogens with two attached hydrogens (primary N) is 1. The molecule has 0 aromatic carbocycles. The first-order valence-electron chi connectivity index (χ1n) is 11.8. The van der Waals surface area contributed by atoms with Crippen LogP contribution in [0.15, 0.2) is 30.7 Å². The van der Waals surface area contributed by atoms with Gasteiger partial charge >= 0.3 is 6.18 Å². The molecule has 0 saturated carbocycles. The minimum absolute atomic E-state index is 0.0694. The molecule has 0 unspecified atom stereocenters. The van der Waals surface area contributed by atoms with Crippen molar-refractivity contribution < 1.29 is 37.0 Å². The number of amides is 2. The Balaban J connectivity index is 1.63. The highest BCUT2D eigenvalue weighted by Crippen LogP contribution is 2.33. The predicted octanol–water partition coefficient (Wildman–Crippen LogP) is -2.15. The van der Waals surface area contributed by atoms with E-state index in [0.717, 1.165) is 0 Å². The Hall–Kier alpha value is -3.82. The van der Waals surface area contributed by atoms with Crippen molar-refractivity contribution >= 4 is 46.7 Å².